The lowest BCUT2D eigenvalue weighted by Gasteiger charge is -2.29. The second-order valence-corrected chi connectivity index (χ2v) is 22.7. The Bertz CT molecular complexity index is 2400. The molecular weight excluding hydrogens is 981 g/mol. The predicted octanol–water partition coefficient (Wildman–Crippen LogP) is 7.78. The third-order valence-corrected chi connectivity index (χ3v) is 13.6. The first kappa shape index (κ1) is 63.2. The van der Waals surface area contributed by atoms with E-state index in [1.165, 1.54) is 18.2 Å². The molecule has 1 aliphatic carbocycles. The summed E-state index contributed by atoms with van der Waals surface area (Å²) in [5, 5.41) is 16.2. The maximum absolute atomic E-state index is 14.0. The minimum Gasteiger partial charge on any atom is -0.467 e. The molecule has 17 nitrogen and oxygen atoms in total. The Hall–Kier alpha value is -6.36. The predicted molar refractivity (Wildman–Crippen MR) is 297 cm³/mol. The molecule has 1 saturated carbocycles. The largest absolute Gasteiger partial charge is 0.467 e. The van der Waals surface area contributed by atoms with Crippen LogP contribution in [0, 0.1) is 24.7 Å². The zero-order valence-corrected chi connectivity index (χ0v) is 47.0. The number of urea groups is 1. The third-order valence-electron chi connectivity index (χ3n) is 13.6. The van der Waals surface area contributed by atoms with Gasteiger partial charge in [-0.25, -0.2) is 14.4 Å². The maximum Gasteiger partial charge on any atom is 0.329 e. The lowest BCUT2D eigenvalue weighted by molar-refractivity contribution is -0.158. The van der Waals surface area contributed by atoms with Crippen molar-refractivity contribution in [3.05, 3.63) is 83.4 Å². The van der Waals surface area contributed by atoms with E-state index >= 15 is 0 Å². The van der Waals surface area contributed by atoms with E-state index in [0.29, 0.717) is 64.5 Å². The van der Waals surface area contributed by atoms with E-state index in [-0.39, 0.29) is 67.6 Å². The summed E-state index contributed by atoms with van der Waals surface area (Å²) in [5.74, 6) is -3.01. The maximum atomic E-state index is 14.0. The Morgan fingerprint density at radius 3 is 1.90 bits per heavy atom. The van der Waals surface area contributed by atoms with Crippen LogP contribution in [0.2, 0.25) is 0 Å². The van der Waals surface area contributed by atoms with Gasteiger partial charge in [-0.2, -0.15) is 0 Å². The number of nitrogens with two attached hydrogens (primary N) is 1. The Kier molecular flexibility index (Phi) is 26.1. The molecule has 0 radical (unpaired) electrons. The van der Waals surface area contributed by atoms with Crippen molar-refractivity contribution in [2.24, 2.45) is 23.5 Å². The van der Waals surface area contributed by atoms with Crippen LogP contribution in [0.5, 0.6) is 0 Å². The molecule has 0 heterocycles. The molecule has 3 aromatic rings. The molecule has 7 N–H and O–H groups in total. The van der Waals surface area contributed by atoms with Crippen molar-refractivity contribution in [1.29, 1.82) is 0 Å². The number of hydrogen-bond acceptors (Lipinski definition) is 12. The highest BCUT2D eigenvalue weighted by Gasteiger charge is 2.32. The Morgan fingerprint density at radius 1 is 0.636 bits per heavy atom. The first-order chi connectivity index (χ1) is 36.5. The monoisotopic (exact) mass is 1070 g/mol. The van der Waals surface area contributed by atoms with Crippen LogP contribution in [0.3, 0.4) is 0 Å². The molecule has 4 atom stereocenters. The van der Waals surface area contributed by atoms with Crippen LogP contribution in [-0.4, -0.2) is 104 Å². The lowest BCUT2D eigenvalue weighted by Crippen LogP contribution is -2.52. The second-order valence-electron chi connectivity index (χ2n) is 22.7. The molecule has 3 aromatic carbocycles. The van der Waals surface area contributed by atoms with Crippen molar-refractivity contribution in [3.63, 3.8) is 0 Å². The number of ketones is 1. The Labute approximate surface area is 456 Å². The van der Waals surface area contributed by atoms with Crippen molar-refractivity contribution in [3.8, 4) is 0 Å². The molecule has 0 aliphatic heterocycles. The molecule has 1 fully saturated rings. The van der Waals surface area contributed by atoms with Crippen molar-refractivity contribution < 1.29 is 52.6 Å². The van der Waals surface area contributed by atoms with Gasteiger partial charge in [-0.15, -0.1) is 0 Å². The standard InChI is InChI=1S/C60H88N6O11/c1-40-22-24-41(25-23-40)16-15-21-52(68)62-34-13-11-19-48(61)55(71)64-39-42-26-30-45(31-27-42)51(67)38-47(37-43-28-29-44-17-9-10-18-46(44)36-43)54(70)63-35-14-12-20-49(56(72)75-8)65-58(74)66-50(57(73)77-60(5,6)7)32-33-53(69)76-59(2,3)4/h9-10,17-18,22-25,28-29,36,42,45,47-50H,11-16,19-21,26-27,30-35,37-39,61H2,1-8H3,(H,62,68)(H,63,70)(H,64,71)(H2,65,66,74)/t42?,45?,47-,48-,49+,50+/m0/s1. The number of Topliss-reactive ketones (excluding diaryl/α,β-unsaturated/α-hetero) is 1. The van der Waals surface area contributed by atoms with Gasteiger partial charge in [0, 0.05) is 50.7 Å². The number of carbonyl (C=O) groups excluding carboxylic acids is 8. The fourth-order valence-corrected chi connectivity index (χ4v) is 9.38. The summed E-state index contributed by atoms with van der Waals surface area (Å²) in [6.07, 6.45) is 8.08. The molecule has 17 heteroatoms. The third kappa shape index (κ3) is 24.7. The van der Waals surface area contributed by atoms with E-state index in [1.54, 1.807) is 41.5 Å². The molecule has 0 aromatic heterocycles. The molecule has 77 heavy (non-hydrogen) atoms. The van der Waals surface area contributed by atoms with Crippen LogP contribution in [-0.2, 0) is 60.6 Å². The average Bonchev–Trinajstić information content (AvgIpc) is 3.37. The van der Waals surface area contributed by atoms with Gasteiger partial charge in [0.2, 0.25) is 17.7 Å². The van der Waals surface area contributed by atoms with Crippen molar-refractivity contribution in [1.82, 2.24) is 26.6 Å². The van der Waals surface area contributed by atoms with Crippen LogP contribution >= 0.6 is 0 Å². The highest BCUT2D eigenvalue weighted by atomic mass is 16.6. The SMILES string of the molecule is COC(=O)[C@@H](CCCCNC(=O)[C@H](CC(=O)C1CCC(CNC(=O)[C@@H](N)CCCCNC(=O)CCCc2ccc(C)cc2)CC1)Cc1ccc2ccccc2c1)NC(=O)N[C@H](CCC(=O)OC(C)(C)C)C(=O)OC(C)(C)C. The summed E-state index contributed by atoms with van der Waals surface area (Å²) < 4.78 is 15.8. The summed E-state index contributed by atoms with van der Waals surface area (Å²) in [4.78, 5) is 105. The number of nitrogens with one attached hydrogen (secondary N) is 5. The van der Waals surface area contributed by atoms with Crippen LogP contribution in [0.15, 0.2) is 66.7 Å². The summed E-state index contributed by atoms with van der Waals surface area (Å²) in [6, 6.07) is 18.6. The zero-order chi connectivity index (χ0) is 56.5. The average molecular weight is 1070 g/mol. The molecule has 0 unspecified atom stereocenters. The van der Waals surface area contributed by atoms with Gasteiger partial charge in [0.05, 0.1) is 13.2 Å². The summed E-state index contributed by atoms with van der Waals surface area (Å²) in [6.45, 7) is 13.5. The number of aryl methyl sites for hydroxylation is 2. The van der Waals surface area contributed by atoms with Gasteiger partial charge >= 0.3 is 23.9 Å². The number of ether oxygens (including phenoxy) is 3. The fraction of sp³-hybridized carbons (Fsp3) is 0.600. The van der Waals surface area contributed by atoms with Gasteiger partial charge < -0.3 is 46.5 Å². The van der Waals surface area contributed by atoms with Gasteiger partial charge in [0.15, 0.2) is 0 Å². The van der Waals surface area contributed by atoms with Crippen LogP contribution in [0.1, 0.15) is 155 Å². The summed E-state index contributed by atoms with van der Waals surface area (Å²) in [7, 11) is 1.20. The van der Waals surface area contributed by atoms with Gasteiger partial charge in [0.1, 0.15) is 29.1 Å². The molecular formula is C60H88N6O11. The van der Waals surface area contributed by atoms with E-state index in [9.17, 15) is 38.4 Å². The normalized spacial score (nSPS) is 16.2. The molecule has 0 saturated heterocycles. The first-order valence-electron chi connectivity index (χ1n) is 27.7. The number of amides is 5. The quantitative estimate of drug-likeness (QED) is 0.0213. The molecule has 5 amide bonds. The van der Waals surface area contributed by atoms with Crippen LogP contribution in [0.4, 0.5) is 4.79 Å². The first-order valence-corrected chi connectivity index (χ1v) is 27.7. The van der Waals surface area contributed by atoms with E-state index in [1.807, 2.05) is 42.5 Å². The highest BCUT2D eigenvalue weighted by molar-refractivity contribution is 5.89. The van der Waals surface area contributed by atoms with E-state index in [2.05, 4.69) is 57.8 Å². The van der Waals surface area contributed by atoms with E-state index in [4.69, 9.17) is 19.9 Å². The fourth-order valence-electron chi connectivity index (χ4n) is 9.38. The topological polar surface area (TPSA) is 250 Å². The van der Waals surface area contributed by atoms with E-state index < -0.39 is 59.2 Å². The number of rotatable bonds is 30. The Morgan fingerprint density at radius 2 is 1.25 bits per heavy atom. The zero-order valence-electron chi connectivity index (χ0n) is 47.0. The Balaban J connectivity index is 1.22. The number of unbranched alkanes of at least 4 members (excludes halogenated alkanes) is 2. The lowest BCUT2D eigenvalue weighted by atomic mass is 9.77. The molecule has 1 aliphatic rings. The number of esters is 3. The van der Waals surface area contributed by atoms with E-state index in [0.717, 1.165) is 48.4 Å². The van der Waals surface area contributed by atoms with Crippen molar-refractivity contribution >= 4 is 58.2 Å². The molecule has 0 spiro atoms. The van der Waals surface area contributed by atoms with Gasteiger partial charge in [0.25, 0.3) is 0 Å². The second kappa shape index (κ2) is 31.8. The summed E-state index contributed by atoms with van der Waals surface area (Å²) >= 11 is 0. The van der Waals surface area contributed by atoms with Crippen LogP contribution in [0.25, 0.3) is 10.8 Å². The van der Waals surface area contributed by atoms with Gasteiger partial charge in [-0.05, 0) is 166 Å². The van der Waals surface area contributed by atoms with Gasteiger partial charge in [-0.3, -0.25) is 24.0 Å². The van der Waals surface area contributed by atoms with Gasteiger partial charge in [-0.1, -0.05) is 72.3 Å². The van der Waals surface area contributed by atoms with Crippen molar-refractivity contribution in [2.75, 3.05) is 26.7 Å². The number of benzene rings is 3. The molecule has 4 rings (SSSR count). The minimum atomic E-state index is -1.22. The minimum absolute atomic E-state index is 0.0297. The van der Waals surface area contributed by atoms with Crippen LogP contribution < -0.4 is 32.3 Å². The number of fused-ring (bicyclic) bond motifs is 1. The van der Waals surface area contributed by atoms with Crippen molar-refractivity contribution in [2.45, 2.75) is 187 Å². The molecule has 424 valence electrons. The smallest absolute Gasteiger partial charge is 0.329 e. The number of carbonyl (C=O) groups is 8. The number of hydrogen-bond donors (Lipinski definition) is 6. The molecule has 0 bridgehead atoms. The summed E-state index contributed by atoms with van der Waals surface area (Å²) in [5.41, 5.74) is 8.00. The highest BCUT2D eigenvalue weighted by Crippen LogP contribution is 2.31. The number of methoxy groups -OCH3 is 1.